The Bertz CT molecular complexity index is 888. The summed E-state index contributed by atoms with van der Waals surface area (Å²) in [6, 6.07) is 12.3. The van der Waals surface area contributed by atoms with Gasteiger partial charge in [0.15, 0.2) is 17.3 Å². The summed E-state index contributed by atoms with van der Waals surface area (Å²) in [6.07, 6.45) is 0. The molecule has 2 aromatic carbocycles. The van der Waals surface area contributed by atoms with E-state index in [0.717, 1.165) is 11.4 Å². The van der Waals surface area contributed by atoms with Gasteiger partial charge in [-0.25, -0.2) is 4.98 Å². The molecule has 0 atom stereocenters. The highest BCUT2D eigenvalue weighted by molar-refractivity contribution is 6.04. The van der Waals surface area contributed by atoms with Crippen LogP contribution in [0.15, 0.2) is 42.5 Å². The lowest BCUT2D eigenvalue weighted by molar-refractivity contribution is 0.102. The number of hydrogen-bond acceptors (Lipinski definition) is 5. The molecule has 128 valence electrons. The monoisotopic (exact) mass is 338 g/mol. The van der Waals surface area contributed by atoms with Crippen molar-refractivity contribution in [1.82, 2.24) is 15.2 Å². The average molecular weight is 338 g/mol. The van der Waals surface area contributed by atoms with E-state index >= 15 is 0 Å². The fraction of sp³-hybridized carbons (Fsp3) is 0.167. The molecule has 0 spiro atoms. The second-order valence-electron chi connectivity index (χ2n) is 5.35. The van der Waals surface area contributed by atoms with Crippen LogP contribution in [0.3, 0.4) is 0 Å². The normalized spacial score (nSPS) is 10.4. The number of anilines is 1. The van der Waals surface area contributed by atoms with E-state index in [1.54, 1.807) is 37.4 Å². The quantitative estimate of drug-likeness (QED) is 0.746. The van der Waals surface area contributed by atoms with Gasteiger partial charge < -0.3 is 14.8 Å². The number of hydrogen-bond donors (Lipinski definition) is 2. The predicted octanol–water partition coefficient (Wildman–Crippen LogP) is 3.05. The van der Waals surface area contributed by atoms with Gasteiger partial charge in [-0.2, -0.15) is 5.10 Å². The first-order chi connectivity index (χ1) is 12.1. The second kappa shape index (κ2) is 7.04. The van der Waals surface area contributed by atoms with Gasteiger partial charge in [0.05, 0.1) is 14.2 Å². The number of nitrogens with one attached hydrogen (secondary N) is 2. The molecule has 0 bridgehead atoms. The van der Waals surface area contributed by atoms with Crippen LogP contribution < -0.4 is 14.8 Å². The minimum Gasteiger partial charge on any atom is -0.493 e. The molecular formula is C18H18N4O3. The van der Waals surface area contributed by atoms with Crippen molar-refractivity contribution in [2.75, 3.05) is 19.5 Å². The number of carbonyl (C=O) groups is 1. The van der Waals surface area contributed by atoms with Crippen LogP contribution in [-0.2, 0) is 0 Å². The molecule has 3 rings (SSSR count). The van der Waals surface area contributed by atoms with Crippen molar-refractivity contribution in [3.8, 4) is 22.9 Å². The molecule has 0 saturated carbocycles. The van der Waals surface area contributed by atoms with E-state index in [2.05, 4.69) is 20.5 Å². The van der Waals surface area contributed by atoms with Crippen LogP contribution >= 0.6 is 0 Å². The van der Waals surface area contributed by atoms with Crippen molar-refractivity contribution in [1.29, 1.82) is 0 Å². The number of aromatic nitrogens is 3. The molecule has 0 aliphatic carbocycles. The number of aryl methyl sites for hydroxylation is 1. The van der Waals surface area contributed by atoms with Crippen LogP contribution in [0.4, 0.5) is 5.69 Å². The van der Waals surface area contributed by atoms with Crippen LogP contribution in [0.25, 0.3) is 11.4 Å². The van der Waals surface area contributed by atoms with E-state index in [4.69, 9.17) is 9.47 Å². The highest BCUT2D eigenvalue weighted by Crippen LogP contribution is 2.28. The van der Waals surface area contributed by atoms with Crippen molar-refractivity contribution < 1.29 is 14.3 Å². The molecule has 0 aliphatic heterocycles. The standard InChI is InChI=1S/C18H18N4O3/c1-11-19-17(22-21-11)12-4-7-14(8-5-12)20-18(23)13-6-9-15(24-2)16(10-13)25-3/h4-10H,1-3H3,(H,20,23)(H,19,21,22). The summed E-state index contributed by atoms with van der Waals surface area (Å²) in [7, 11) is 3.08. The zero-order chi connectivity index (χ0) is 17.8. The molecule has 2 N–H and O–H groups in total. The topological polar surface area (TPSA) is 89.1 Å². The van der Waals surface area contributed by atoms with Gasteiger partial charge in [0.2, 0.25) is 0 Å². The smallest absolute Gasteiger partial charge is 0.255 e. The Morgan fingerprint density at radius 1 is 1.04 bits per heavy atom. The summed E-state index contributed by atoms with van der Waals surface area (Å²) >= 11 is 0. The maximum absolute atomic E-state index is 12.4. The van der Waals surface area contributed by atoms with E-state index in [1.807, 2.05) is 19.1 Å². The molecule has 7 heteroatoms. The summed E-state index contributed by atoms with van der Waals surface area (Å²) in [6.45, 7) is 1.84. The van der Waals surface area contributed by atoms with E-state index in [0.29, 0.717) is 28.6 Å². The van der Waals surface area contributed by atoms with E-state index in [-0.39, 0.29) is 5.91 Å². The molecule has 0 fully saturated rings. The Morgan fingerprint density at radius 2 is 1.76 bits per heavy atom. The number of benzene rings is 2. The van der Waals surface area contributed by atoms with E-state index in [1.165, 1.54) is 7.11 Å². The summed E-state index contributed by atoms with van der Waals surface area (Å²) in [5.41, 5.74) is 2.02. The van der Waals surface area contributed by atoms with Gasteiger partial charge in [-0.15, -0.1) is 0 Å². The van der Waals surface area contributed by atoms with Crippen LogP contribution in [0.1, 0.15) is 16.2 Å². The molecule has 1 aromatic heterocycles. The first-order valence-electron chi connectivity index (χ1n) is 7.63. The molecule has 1 heterocycles. The van der Waals surface area contributed by atoms with E-state index < -0.39 is 0 Å². The maximum Gasteiger partial charge on any atom is 0.255 e. The van der Waals surface area contributed by atoms with Crippen molar-refractivity contribution in [2.45, 2.75) is 6.92 Å². The third-order valence-electron chi connectivity index (χ3n) is 3.64. The lowest BCUT2D eigenvalue weighted by Crippen LogP contribution is -2.12. The van der Waals surface area contributed by atoms with Gasteiger partial charge in [0, 0.05) is 16.8 Å². The number of aromatic amines is 1. The van der Waals surface area contributed by atoms with Crippen molar-refractivity contribution in [3.63, 3.8) is 0 Å². The van der Waals surface area contributed by atoms with Crippen molar-refractivity contribution in [2.24, 2.45) is 0 Å². The summed E-state index contributed by atoms with van der Waals surface area (Å²) in [4.78, 5) is 16.7. The third kappa shape index (κ3) is 3.60. The molecule has 7 nitrogen and oxygen atoms in total. The second-order valence-corrected chi connectivity index (χ2v) is 5.35. The number of methoxy groups -OCH3 is 2. The van der Waals surface area contributed by atoms with Gasteiger partial charge in [0.1, 0.15) is 5.82 Å². The molecule has 0 saturated heterocycles. The lowest BCUT2D eigenvalue weighted by atomic mass is 10.1. The van der Waals surface area contributed by atoms with Crippen LogP contribution in [0.2, 0.25) is 0 Å². The Morgan fingerprint density at radius 3 is 2.36 bits per heavy atom. The SMILES string of the molecule is COc1ccc(C(=O)Nc2ccc(-c3n[nH]c(C)n3)cc2)cc1OC. The van der Waals surface area contributed by atoms with Gasteiger partial charge in [-0.1, -0.05) is 0 Å². The molecule has 0 unspecified atom stereocenters. The molecule has 1 amide bonds. The molecule has 25 heavy (non-hydrogen) atoms. The minimum atomic E-state index is -0.234. The van der Waals surface area contributed by atoms with Crippen LogP contribution in [-0.4, -0.2) is 35.3 Å². The highest BCUT2D eigenvalue weighted by Gasteiger charge is 2.11. The number of ether oxygens (including phenoxy) is 2. The fourth-order valence-corrected chi connectivity index (χ4v) is 2.36. The number of amides is 1. The largest absolute Gasteiger partial charge is 0.493 e. The Hall–Kier alpha value is -3.35. The average Bonchev–Trinajstić information content (AvgIpc) is 3.08. The maximum atomic E-state index is 12.4. The first-order valence-corrected chi connectivity index (χ1v) is 7.63. The van der Waals surface area contributed by atoms with Gasteiger partial charge in [-0.3, -0.25) is 9.89 Å². The molecule has 0 aliphatic rings. The predicted molar refractivity (Wildman–Crippen MR) is 94.1 cm³/mol. The third-order valence-corrected chi connectivity index (χ3v) is 3.64. The first kappa shape index (κ1) is 16.5. The Labute approximate surface area is 145 Å². The summed E-state index contributed by atoms with van der Waals surface area (Å²) in [5, 5.41) is 9.76. The minimum absolute atomic E-state index is 0.234. The molecule has 3 aromatic rings. The van der Waals surface area contributed by atoms with Crippen molar-refractivity contribution in [3.05, 3.63) is 53.9 Å². The zero-order valence-corrected chi connectivity index (χ0v) is 14.2. The van der Waals surface area contributed by atoms with Crippen LogP contribution in [0.5, 0.6) is 11.5 Å². The van der Waals surface area contributed by atoms with Gasteiger partial charge in [0.25, 0.3) is 5.91 Å². The molecular weight excluding hydrogens is 320 g/mol. The van der Waals surface area contributed by atoms with E-state index in [9.17, 15) is 4.79 Å². The summed E-state index contributed by atoms with van der Waals surface area (Å²) in [5.74, 6) is 2.22. The Kier molecular flexibility index (Phi) is 4.65. The van der Waals surface area contributed by atoms with Gasteiger partial charge >= 0.3 is 0 Å². The Balaban J connectivity index is 1.74. The van der Waals surface area contributed by atoms with Crippen LogP contribution in [0, 0.1) is 6.92 Å². The molecule has 0 radical (unpaired) electrons. The number of nitrogens with zero attached hydrogens (tertiary/aromatic N) is 2. The summed E-state index contributed by atoms with van der Waals surface area (Å²) < 4.78 is 10.4. The number of H-pyrrole nitrogens is 1. The fourth-order valence-electron chi connectivity index (χ4n) is 2.36. The van der Waals surface area contributed by atoms with Crippen molar-refractivity contribution >= 4 is 11.6 Å². The lowest BCUT2D eigenvalue weighted by Gasteiger charge is -2.10. The highest BCUT2D eigenvalue weighted by atomic mass is 16.5. The number of rotatable bonds is 5. The van der Waals surface area contributed by atoms with Gasteiger partial charge in [-0.05, 0) is 49.4 Å². The zero-order valence-electron chi connectivity index (χ0n) is 14.2. The number of carbonyl (C=O) groups excluding carboxylic acids is 1.